The molecule has 0 fully saturated rings. The van der Waals surface area contributed by atoms with Gasteiger partial charge >= 0.3 is 0 Å². The van der Waals surface area contributed by atoms with Gasteiger partial charge in [-0.3, -0.25) is 9.89 Å². The second-order valence-electron chi connectivity index (χ2n) is 9.65. The van der Waals surface area contributed by atoms with Crippen molar-refractivity contribution in [3.05, 3.63) is 94.2 Å². The molecule has 3 aromatic carbocycles. The zero-order valence-electron chi connectivity index (χ0n) is 22.2. The molecule has 2 heterocycles. The van der Waals surface area contributed by atoms with E-state index in [1.807, 2.05) is 86.3 Å². The molecule has 1 aliphatic heterocycles. The summed E-state index contributed by atoms with van der Waals surface area (Å²) in [5, 5.41) is 18.4. The highest BCUT2D eigenvalue weighted by atomic mass is 16.5. The Kier molecular flexibility index (Phi) is 7.09. The van der Waals surface area contributed by atoms with Gasteiger partial charge in [0.2, 0.25) is 0 Å². The molecule has 38 heavy (non-hydrogen) atoms. The molecule has 0 saturated carbocycles. The van der Waals surface area contributed by atoms with E-state index in [2.05, 4.69) is 17.1 Å². The fourth-order valence-electron chi connectivity index (χ4n) is 5.18. The lowest BCUT2D eigenvalue weighted by atomic mass is 9.94. The van der Waals surface area contributed by atoms with Crippen molar-refractivity contribution in [2.75, 3.05) is 13.2 Å². The number of nitrogens with zero attached hydrogens (tertiary/aromatic N) is 2. The van der Waals surface area contributed by atoms with Gasteiger partial charge in [0.15, 0.2) is 11.5 Å². The summed E-state index contributed by atoms with van der Waals surface area (Å²) in [5.41, 5.74) is 6.16. The van der Waals surface area contributed by atoms with Crippen molar-refractivity contribution in [2.24, 2.45) is 0 Å². The Morgan fingerprint density at radius 3 is 2.53 bits per heavy atom. The largest absolute Gasteiger partial charge is 0.507 e. The fourth-order valence-corrected chi connectivity index (χ4v) is 5.18. The first kappa shape index (κ1) is 25.4. The minimum absolute atomic E-state index is 0.100. The first-order chi connectivity index (χ1) is 18.4. The van der Waals surface area contributed by atoms with Crippen molar-refractivity contribution >= 4 is 5.91 Å². The molecule has 0 radical (unpaired) electrons. The van der Waals surface area contributed by atoms with Crippen LogP contribution >= 0.6 is 0 Å². The summed E-state index contributed by atoms with van der Waals surface area (Å²) in [6.07, 6.45) is 0.806. The van der Waals surface area contributed by atoms with Crippen molar-refractivity contribution in [3.63, 3.8) is 0 Å². The van der Waals surface area contributed by atoms with E-state index in [4.69, 9.17) is 9.47 Å². The normalized spacial score (nSPS) is 14.6. The quantitative estimate of drug-likeness (QED) is 0.274. The summed E-state index contributed by atoms with van der Waals surface area (Å²) in [7, 11) is 0. The molecule has 1 unspecified atom stereocenters. The zero-order valence-corrected chi connectivity index (χ0v) is 22.2. The van der Waals surface area contributed by atoms with E-state index in [9.17, 15) is 9.90 Å². The molecule has 0 saturated heterocycles. The second-order valence-corrected chi connectivity index (χ2v) is 9.65. The van der Waals surface area contributed by atoms with E-state index in [0.29, 0.717) is 48.2 Å². The van der Waals surface area contributed by atoms with Gasteiger partial charge < -0.3 is 19.5 Å². The number of ether oxygens (including phenoxy) is 2. The van der Waals surface area contributed by atoms with E-state index in [1.165, 1.54) is 0 Å². The van der Waals surface area contributed by atoms with Crippen molar-refractivity contribution in [1.29, 1.82) is 0 Å². The Morgan fingerprint density at radius 2 is 1.79 bits per heavy atom. The van der Waals surface area contributed by atoms with Crippen LogP contribution in [0.2, 0.25) is 0 Å². The Balaban J connectivity index is 1.59. The maximum atomic E-state index is 13.5. The molecule has 4 aromatic rings. The van der Waals surface area contributed by atoms with Gasteiger partial charge in [-0.25, -0.2) is 0 Å². The fraction of sp³-hybridized carbons (Fsp3) is 0.290. The van der Waals surface area contributed by atoms with Gasteiger partial charge in [0.25, 0.3) is 5.91 Å². The summed E-state index contributed by atoms with van der Waals surface area (Å²) in [6, 6.07) is 19.3. The van der Waals surface area contributed by atoms with Crippen LogP contribution in [0, 0.1) is 13.8 Å². The van der Waals surface area contributed by atoms with Gasteiger partial charge in [-0.1, -0.05) is 49.4 Å². The first-order valence-corrected chi connectivity index (χ1v) is 13.1. The molecule has 2 N–H and O–H groups in total. The number of rotatable bonds is 9. The molecule has 1 aliphatic rings. The van der Waals surface area contributed by atoms with Crippen molar-refractivity contribution in [2.45, 2.75) is 46.8 Å². The van der Waals surface area contributed by atoms with Gasteiger partial charge in [0, 0.05) is 17.7 Å². The zero-order chi connectivity index (χ0) is 26.8. The van der Waals surface area contributed by atoms with Gasteiger partial charge in [-0.05, 0) is 67.6 Å². The highest BCUT2D eigenvalue weighted by Gasteiger charge is 2.42. The topological polar surface area (TPSA) is 87.7 Å². The average molecular weight is 512 g/mol. The number of aromatic hydroxyl groups is 1. The monoisotopic (exact) mass is 511 g/mol. The number of phenolic OH excluding ortho intramolecular Hbond substituents is 1. The number of phenols is 1. The SMILES string of the molecule is CCCN1C(=O)c2[nH]nc(-c3cc(C)cc(C)c3O)c2C1c1ccc(OCc2ccccc2)c(OCC)c1. The van der Waals surface area contributed by atoms with Crippen LogP contribution in [-0.2, 0) is 6.61 Å². The van der Waals surface area contributed by atoms with Crippen molar-refractivity contribution in [3.8, 4) is 28.5 Å². The molecule has 1 atom stereocenters. The third kappa shape index (κ3) is 4.60. The molecule has 7 nitrogen and oxygen atoms in total. The van der Waals surface area contributed by atoms with E-state index in [-0.39, 0.29) is 17.7 Å². The number of carbonyl (C=O) groups is 1. The number of aryl methyl sites for hydroxylation is 2. The molecule has 0 spiro atoms. The number of carbonyl (C=O) groups excluding carboxylic acids is 1. The third-order valence-electron chi connectivity index (χ3n) is 6.85. The molecule has 1 aromatic heterocycles. The van der Waals surface area contributed by atoms with Crippen LogP contribution in [0.5, 0.6) is 17.2 Å². The lowest BCUT2D eigenvalue weighted by molar-refractivity contribution is 0.0743. The average Bonchev–Trinajstić information content (AvgIpc) is 3.45. The van der Waals surface area contributed by atoms with Gasteiger partial charge in [-0.15, -0.1) is 0 Å². The second kappa shape index (κ2) is 10.6. The maximum absolute atomic E-state index is 13.5. The Morgan fingerprint density at radius 1 is 1.00 bits per heavy atom. The number of aromatic amines is 1. The van der Waals surface area contributed by atoms with Crippen LogP contribution < -0.4 is 9.47 Å². The number of hydrogen-bond donors (Lipinski definition) is 2. The van der Waals surface area contributed by atoms with Crippen LogP contribution in [0.3, 0.4) is 0 Å². The highest BCUT2D eigenvalue weighted by molar-refractivity contribution is 6.00. The smallest absolute Gasteiger partial charge is 0.273 e. The molecule has 196 valence electrons. The molecule has 1 amide bonds. The molecule has 0 aliphatic carbocycles. The van der Waals surface area contributed by atoms with E-state index in [1.54, 1.807) is 0 Å². The number of amides is 1. The van der Waals surface area contributed by atoms with Crippen molar-refractivity contribution in [1.82, 2.24) is 15.1 Å². The molecular formula is C31H33N3O4. The Bertz CT molecular complexity index is 1460. The van der Waals surface area contributed by atoms with Crippen LogP contribution in [0.25, 0.3) is 11.3 Å². The Labute approximate surface area is 223 Å². The standard InChI is InChI=1S/C31H33N3O4/c1-5-14-34-29(22-12-13-24(25(17-22)37-6-2)38-18-21-10-8-7-9-11-21)26-27(32-33-28(26)31(34)36)23-16-19(3)15-20(4)30(23)35/h7-13,15-17,29,35H,5-6,14,18H2,1-4H3,(H,32,33). The van der Waals surface area contributed by atoms with Crippen LogP contribution in [0.4, 0.5) is 0 Å². The van der Waals surface area contributed by atoms with Crippen LogP contribution in [0.15, 0.2) is 60.7 Å². The molecule has 5 rings (SSSR count). The van der Waals surface area contributed by atoms with Gasteiger partial charge in [-0.2, -0.15) is 5.10 Å². The predicted molar refractivity (Wildman–Crippen MR) is 147 cm³/mol. The molecular weight excluding hydrogens is 478 g/mol. The minimum Gasteiger partial charge on any atom is -0.507 e. The van der Waals surface area contributed by atoms with E-state index < -0.39 is 0 Å². The molecule has 7 heteroatoms. The summed E-state index contributed by atoms with van der Waals surface area (Å²) in [5.74, 6) is 1.34. The number of aromatic nitrogens is 2. The van der Waals surface area contributed by atoms with Gasteiger partial charge in [0.05, 0.1) is 12.6 Å². The Hall–Kier alpha value is -4.26. The number of H-pyrrole nitrogens is 1. The van der Waals surface area contributed by atoms with E-state index >= 15 is 0 Å². The minimum atomic E-state index is -0.381. The maximum Gasteiger partial charge on any atom is 0.273 e. The van der Waals surface area contributed by atoms with Crippen LogP contribution in [-0.4, -0.2) is 39.3 Å². The summed E-state index contributed by atoms with van der Waals surface area (Å²) >= 11 is 0. The summed E-state index contributed by atoms with van der Waals surface area (Å²) < 4.78 is 12.1. The predicted octanol–water partition coefficient (Wildman–Crippen LogP) is 6.33. The van der Waals surface area contributed by atoms with Gasteiger partial charge in [0.1, 0.15) is 23.7 Å². The summed E-state index contributed by atoms with van der Waals surface area (Å²) in [6.45, 7) is 9.33. The number of benzene rings is 3. The lowest BCUT2D eigenvalue weighted by Crippen LogP contribution is -2.30. The number of nitrogens with one attached hydrogen (secondary N) is 1. The van der Waals surface area contributed by atoms with Crippen molar-refractivity contribution < 1.29 is 19.4 Å². The lowest BCUT2D eigenvalue weighted by Gasteiger charge is -2.27. The third-order valence-corrected chi connectivity index (χ3v) is 6.85. The first-order valence-electron chi connectivity index (χ1n) is 13.1. The summed E-state index contributed by atoms with van der Waals surface area (Å²) in [4.78, 5) is 15.4. The molecule has 0 bridgehead atoms. The number of hydrogen-bond acceptors (Lipinski definition) is 5. The van der Waals surface area contributed by atoms with Crippen LogP contribution in [0.1, 0.15) is 64.6 Å². The highest BCUT2D eigenvalue weighted by Crippen LogP contribution is 2.46. The van der Waals surface area contributed by atoms with E-state index in [0.717, 1.165) is 34.2 Å². The number of fused-ring (bicyclic) bond motifs is 1.